The molecule has 3 N–H and O–H groups in total. The summed E-state index contributed by atoms with van der Waals surface area (Å²) in [4.78, 5) is 17.6. The van der Waals surface area contributed by atoms with E-state index in [9.17, 15) is 4.79 Å². The number of methoxy groups -OCH3 is 1. The number of nitrogens with zero attached hydrogens (tertiary/aromatic N) is 1. The van der Waals surface area contributed by atoms with Crippen LogP contribution in [0.25, 0.3) is 0 Å². The number of hydrogen-bond acceptors (Lipinski definition) is 5. The molecule has 6 heteroatoms. The number of benzene rings is 2. The number of nitrogen functional groups attached to an aromatic ring is 1. The van der Waals surface area contributed by atoms with Gasteiger partial charge in [0.2, 0.25) is 0 Å². The molecule has 27 heavy (non-hydrogen) atoms. The maximum absolute atomic E-state index is 12.5. The van der Waals surface area contributed by atoms with Crippen LogP contribution in [0.3, 0.4) is 0 Å². The molecule has 2 aromatic carbocycles. The van der Waals surface area contributed by atoms with Gasteiger partial charge in [-0.15, -0.1) is 11.8 Å². The quantitative estimate of drug-likeness (QED) is 0.616. The van der Waals surface area contributed by atoms with Crippen molar-refractivity contribution in [2.45, 2.75) is 17.6 Å². The first-order valence-electron chi connectivity index (χ1n) is 8.45. The molecule has 0 saturated carbocycles. The summed E-state index contributed by atoms with van der Waals surface area (Å²) in [6, 6.07) is 17.1. The molecule has 1 heterocycles. The second-order valence-corrected chi connectivity index (χ2v) is 7.05. The molecule has 1 amide bonds. The van der Waals surface area contributed by atoms with E-state index in [1.807, 2.05) is 55.5 Å². The van der Waals surface area contributed by atoms with Crippen molar-refractivity contribution in [1.29, 1.82) is 0 Å². The summed E-state index contributed by atoms with van der Waals surface area (Å²) in [6.45, 7) is 1.96. The van der Waals surface area contributed by atoms with Gasteiger partial charge in [-0.25, -0.2) is 4.98 Å². The van der Waals surface area contributed by atoms with Gasteiger partial charge in [0.25, 0.3) is 5.91 Å². The van der Waals surface area contributed by atoms with Gasteiger partial charge in [-0.1, -0.05) is 18.2 Å². The Hall–Kier alpha value is -2.99. The molecular formula is C21H21N3O2S. The molecule has 3 aromatic rings. The molecule has 1 aromatic heterocycles. The SMILES string of the molecule is COc1cc(C)ccc1C(=O)Nc1ccc(CSc2cccnc2N)cc1. The molecule has 5 nitrogen and oxygen atoms in total. The third-order valence-corrected chi connectivity index (χ3v) is 5.14. The summed E-state index contributed by atoms with van der Waals surface area (Å²) in [5.74, 6) is 1.68. The average molecular weight is 379 g/mol. The number of hydrogen-bond donors (Lipinski definition) is 2. The van der Waals surface area contributed by atoms with E-state index in [0.717, 1.165) is 27.5 Å². The highest BCUT2D eigenvalue weighted by Gasteiger charge is 2.12. The van der Waals surface area contributed by atoms with Crippen LogP contribution in [0.5, 0.6) is 5.75 Å². The van der Waals surface area contributed by atoms with E-state index in [1.165, 1.54) is 0 Å². The standard InChI is InChI=1S/C21H21N3O2S/c1-14-5-10-17(18(12-14)26-2)21(25)24-16-8-6-15(7-9-16)13-27-19-4-3-11-23-20(19)22/h3-12H,13H2,1-2H3,(H2,22,23)(H,24,25). The third kappa shape index (κ3) is 4.80. The Morgan fingerprint density at radius 1 is 1.19 bits per heavy atom. The van der Waals surface area contributed by atoms with Gasteiger partial charge in [0, 0.05) is 22.5 Å². The fourth-order valence-corrected chi connectivity index (χ4v) is 3.44. The normalized spacial score (nSPS) is 10.4. The van der Waals surface area contributed by atoms with E-state index in [0.29, 0.717) is 17.1 Å². The summed E-state index contributed by atoms with van der Waals surface area (Å²) in [5, 5.41) is 2.91. The fourth-order valence-electron chi connectivity index (χ4n) is 2.55. The summed E-state index contributed by atoms with van der Waals surface area (Å²) < 4.78 is 5.31. The van der Waals surface area contributed by atoms with E-state index in [4.69, 9.17) is 10.5 Å². The lowest BCUT2D eigenvalue weighted by molar-refractivity contribution is 0.102. The second-order valence-electron chi connectivity index (χ2n) is 6.03. The number of thioether (sulfide) groups is 1. The first-order valence-corrected chi connectivity index (χ1v) is 9.43. The molecule has 0 bridgehead atoms. The summed E-state index contributed by atoms with van der Waals surface area (Å²) >= 11 is 1.63. The van der Waals surface area contributed by atoms with Crippen molar-refractivity contribution in [3.63, 3.8) is 0 Å². The van der Waals surface area contributed by atoms with Gasteiger partial charge in [0.15, 0.2) is 0 Å². The highest BCUT2D eigenvalue weighted by Crippen LogP contribution is 2.27. The Balaban J connectivity index is 1.64. The minimum Gasteiger partial charge on any atom is -0.496 e. The molecule has 0 saturated heterocycles. The lowest BCUT2D eigenvalue weighted by Crippen LogP contribution is -2.13. The largest absolute Gasteiger partial charge is 0.496 e. The second kappa shape index (κ2) is 8.60. The number of nitrogens with two attached hydrogens (primary N) is 1. The number of aromatic nitrogens is 1. The summed E-state index contributed by atoms with van der Waals surface area (Å²) in [7, 11) is 1.56. The van der Waals surface area contributed by atoms with Gasteiger partial charge in [0.05, 0.1) is 12.7 Å². The Morgan fingerprint density at radius 3 is 2.67 bits per heavy atom. The van der Waals surface area contributed by atoms with Crippen molar-refractivity contribution in [3.05, 3.63) is 77.5 Å². The van der Waals surface area contributed by atoms with Crippen LogP contribution in [0.4, 0.5) is 11.5 Å². The van der Waals surface area contributed by atoms with Crippen molar-refractivity contribution < 1.29 is 9.53 Å². The Labute approximate surface area is 163 Å². The van der Waals surface area contributed by atoms with Crippen LogP contribution in [0.2, 0.25) is 0 Å². The van der Waals surface area contributed by atoms with Gasteiger partial charge in [-0.05, 0) is 54.4 Å². The van der Waals surface area contributed by atoms with E-state index in [1.54, 1.807) is 31.1 Å². The zero-order valence-corrected chi connectivity index (χ0v) is 16.0. The number of carbonyl (C=O) groups is 1. The van der Waals surface area contributed by atoms with E-state index in [2.05, 4.69) is 10.3 Å². The number of nitrogens with one attached hydrogen (secondary N) is 1. The fraction of sp³-hybridized carbons (Fsp3) is 0.143. The Bertz CT molecular complexity index is 942. The van der Waals surface area contributed by atoms with Crippen LogP contribution in [0, 0.1) is 6.92 Å². The molecule has 3 rings (SSSR count). The van der Waals surface area contributed by atoms with Crippen LogP contribution < -0.4 is 15.8 Å². The van der Waals surface area contributed by atoms with Gasteiger partial charge in [-0.2, -0.15) is 0 Å². The molecule has 138 valence electrons. The third-order valence-electron chi connectivity index (χ3n) is 4.01. The molecule has 0 fully saturated rings. The van der Waals surface area contributed by atoms with Crippen LogP contribution in [-0.2, 0) is 5.75 Å². The van der Waals surface area contributed by atoms with Crippen LogP contribution >= 0.6 is 11.8 Å². The topological polar surface area (TPSA) is 77.2 Å². The molecular weight excluding hydrogens is 358 g/mol. The molecule has 0 atom stereocenters. The average Bonchev–Trinajstić information content (AvgIpc) is 2.68. The van der Waals surface area contributed by atoms with Crippen molar-refractivity contribution >= 4 is 29.2 Å². The first kappa shape index (κ1) is 18.8. The van der Waals surface area contributed by atoms with Crippen molar-refractivity contribution in [2.75, 3.05) is 18.2 Å². The van der Waals surface area contributed by atoms with Crippen LogP contribution in [0.15, 0.2) is 65.7 Å². The zero-order valence-electron chi connectivity index (χ0n) is 15.2. The smallest absolute Gasteiger partial charge is 0.259 e. The van der Waals surface area contributed by atoms with Gasteiger partial charge in [0.1, 0.15) is 11.6 Å². The number of anilines is 2. The number of ether oxygens (including phenoxy) is 1. The van der Waals surface area contributed by atoms with Gasteiger partial charge < -0.3 is 15.8 Å². The lowest BCUT2D eigenvalue weighted by atomic mass is 10.1. The van der Waals surface area contributed by atoms with E-state index >= 15 is 0 Å². The number of amides is 1. The maximum Gasteiger partial charge on any atom is 0.259 e. The molecule has 0 spiro atoms. The number of carbonyl (C=O) groups excluding carboxylic acids is 1. The Morgan fingerprint density at radius 2 is 1.96 bits per heavy atom. The first-order chi connectivity index (χ1) is 13.1. The minimum absolute atomic E-state index is 0.197. The molecule has 0 aliphatic heterocycles. The predicted molar refractivity (Wildman–Crippen MR) is 110 cm³/mol. The van der Waals surface area contributed by atoms with Crippen molar-refractivity contribution in [3.8, 4) is 5.75 Å². The monoisotopic (exact) mass is 379 g/mol. The van der Waals surface area contributed by atoms with E-state index in [-0.39, 0.29) is 5.91 Å². The minimum atomic E-state index is -0.197. The molecule has 0 aliphatic carbocycles. The van der Waals surface area contributed by atoms with Gasteiger partial charge in [-0.3, -0.25) is 4.79 Å². The van der Waals surface area contributed by atoms with Crippen molar-refractivity contribution in [2.24, 2.45) is 0 Å². The lowest BCUT2D eigenvalue weighted by Gasteiger charge is -2.11. The van der Waals surface area contributed by atoms with Crippen LogP contribution in [0.1, 0.15) is 21.5 Å². The summed E-state index contributed by atoms with van der Waals surface area (Å²) in [6.07, 6.45) is 1.68. The predicted octanol–water partition coefficient (Wildman–Crippen LogP) is 4.53. The molecule has 0 aliphatic rings. The highest BCUT2D eigenvalue weighted by atomic mass is 32.2. The molecule has 0 radical (unpaired) electrons. The summed E-state index contributed by atoms with van der Waals surface area (Å²) in [5.41, 5.74) is 9.28. The van der Waals surface area contributed by atoms with Gasteiger partial charge >= 0.3 is 0 Å². The highest BCUT2D eigenvalue weighted by molar-refractivity contribution is 7.98. The number of rotatable bonds is 6. The Kier molecular flexibility index (Phi) is 5.98. The van der Waals surface area contributed by atoms with E-state index < -0.39 is 0 Å². The van der Waals surface area contributed by atoms with Crippen LogP contribution in [-0.4, -0.2) is 18.0 Å². The zero-order chi connectivity index (χ0) is 19.2. The maximum atomic E-state index is 12.5. The van der Waals surface area contributed by atoms with Crippen molar-refractivity contribution in [1.82, 2.24) is 4.98 Å². The number of aryl methyl sites for hydroxylation is 1. The number of pyridine rings is 1. The molecule has 0 unspecified atom stereocenters.